The summed E-state index contributed by atoms with van der Waals surface area (Å²) in [5.41, 5.74) is 0. The van der Waals surface area contributed by atoms with E-state index in [9.17, 15) is 0 Å². The highest BCUT2D eigenvalue weighted by atomic mass is 16.5. The molecule has 0 bridgehead atoms. The lowest BCUT2D eigenvalue weighted by molar-refractivity contribution is 0.0307. The topological polar surface area (TPSA) is 21.3 Å². The van der Waals surface area contributed by atoms with E-state index in [0.29, 0.717) is 12.1 Å². The van der Waals surface area contributed by atoms with Crippen molar-refractivity contribution in [1.29, 1.82) is 0 Å². The van der Waals surface area contributed by atoms with Gasteiger partial charge in [-0.1, -0.05) is 19.8 Å². The van der Waals surface area contributed by atoms with Crippen LogP contribution in [-0.4, -0.2) is 25.3 Å². The van der Waals surface area contributed by atoms with Gasteiger partial charge in [-0.25, -0.2) is 0 Å². The summed E-state index contributed by atoms with van der Waals surface area (Å²) in [7, 11) is 0. The fourth-order valence-corrected chi connectivity index (χ4v) is 2.71. The second-order valence-corrected chi connectivity index (χ2v) is 4.68. The van der Waals surface area contributed by atoms with E-state index >= 15 is 0 Å². The first-order valence-corrected chi connectivity index (χ1v) is 6.64. The zero-order valence-corrected chi connectivity index (χ0v) is 10.6. The van der Waals surface area contributed by atoms with Gasteiger partial charge in [0.25, 0.3) is 0 Å². The Kier molecular flexibility index (Phi) is 6.26. The van der Waals surface area contributed by atoms with E-state index in [0.717, 1.165) is 19.1 Å². The highest BCUT2D eigenvalue weighted by Gasteiger charge is 2.28. The number of rotatable bonds is 7. The van der Waals surface area contributed by atoms with Crippen LogP contribution in [0.3, 0.4) is 0 Å². The SMILES string of the molecule is CCCNC(C1CCCC1)C(C)OCC. The number of nitrogens with one attached hydrogen (secondary N) is 1. The average Bonchev–Trinajstić information content (AvgIpc) is 2.72. The standard InChI is InChI=1S/C13H27NO/c1-4-10-14-13(11(3)15-5-2)12-8-6-7-9-12/h11-14H,4-10H2,1-3H3. The van der Waals surface area contributed by atoms with Crippen LogP contribution in [0.15, 0.2) is 0 Å². The number of ether oxygens (including phenoxy) is 1. The molecule has 2 unspecified atom stereocenters. The van der Waals surface area contributed by atoms with Crippen LogP contribution in [0.25, 0.3) is 0 Å². The molecule has 1 aliphatic rings. The van der Waals surface area contributed by atoms with Crippen LogP contribution < -0.4 is 5.32 Å². The summed E-state index contributed by atoms with van der Waals surface area (Å²) in [6.45, 7) is 8.48. The smallest absolute Gasteiger partial charge is 0.0702 e. The summed E-state index contributed by atoms with van der Waals surface area (Å²) < 4.78 is 5.75. The Morgan fingerprint density at radius 3 is 2.47 bits per heavy atom. The Hall–Kier alpha value is -0.0800. The summed E-state index contributed by atoms with van der Waals surface area (Å²) in [6.07, 6.45) is 7.17. The van der Waals surface area contributed by atoms with Crippen LogP contribution in [-0.2, 0) is 4.74 Å². The van der Waals surface area contributed by atoms with Crippen LogP contribution in [0.1, 0.15) is 52.9 Å². The molecule has 2 nitrogen and oxygen atoms in total. The molecule has 15 heavy (non-hydrogen) atoms. The summed E-state index contributed by atoms with van der Waals surface area (Å²) in [6, 6.07) is 0.576. The summed E-state index contributed by atoms with van der Waals surface area (Å²) >= 11 is 0. The second-order valence-electron chi connectivity index (χ2n) is 4.68. The molecule has 1 aliphatic carbocycles. The van der Waals surface area contributed by atoms with Crippen LogP contribution in [0.2, 0.25) is 0 Å². The molecule has 0 saturated heterocycles. The molecule has 0 aromatic rings. The molecule has 1 fully saturated rings. The molecule has 0 aromatic heterocycles. The van der Waals surface area contributed by atoms with E-state index in [4.69, 9.17) is 4.74 Å². The van der Waals surface area contributed by atoms with Gasteiger partial charge in [0.15, 0.2) is 0 Å². The zero-order valence-electron chi connectivity index (χ0n) is 10.6. The van der Waals surface area contributed by atoms with Gasteiger partial charge in [-0.3, -0.25) is 0 Å². The van der Waals surface area contributed by atoms with Crippen molar-refractivity contribution in [2.24, 2.45) is 5.92 Å². The fraction of sp³-hybridized carbons (Fsp3) is 1.00. The van der Waals surface area contributed by atoms with E-state index < -0.39 is 0 Å². The number of hydrogen-bond acceptors (Lipinski definition) is 2. The molecule has 0 amide bonds. The Labute approximate surface area is 94.8 Å². The predicted molar refractivity (Wildman–Crippen MR) is 65.1 cm³/mol. The van der Waals surface area contributed by atoms with Gasteiger partial charge in [0.2, 0.25) is 0 Å². The maximum atomic E-state index is 5.75. The van der Waals surface area contributed by atoms with Gasteiger partial charge >= 0.3 is 0 Å². The van der Waals surface area contributed by atoms with Gasteiger partial charge in [-0.15, -0.1) is 0 Å². The van der Waals surface area contributed by atoms with Crippen molar-refractivity contribution in [1.82, 2.24) is 5.32 Å². The average molecular weight is 213 g/mol. The quantitative estimate of drug-likeness (QED) is 0.702. The minimum absolute atomic E-state index is 0.365. The van der Waals surface area contributed by atoms with Crippen LogP contribution in [0.5, 0.6) is 0 Å². The number of hydrogen-bond donors (Lipinski definition) is 1. The van der Waals surface area contributed by atoms with Gasteiger partial charge in [0, 0.05) is 12.6 Å². The molecule has 1 saturated carbocycles. The van der Waals surface area contributed by atoms with E-state index in [-0.39, 0.29) is 0 Å². The fourth-order valence-electron chi connectivity index (χ4n) is 2.71. The third kappa shape index (κ3) is 4.12. The molecule has 0 spiro atoms. The van der Waals surface area contributed by atoms with Crippen molar-refractivity contribution in [3.05, 3.63) is 0 Å². The van der Waals surface area contributed by atoms with Crippen LogP contribution >= 0.6 is 0 Å². The monoisotopic (exact) mass is 213 g/mol. The van der Waals surface area contributed by atoms with E-state index in [1.165, 1.54) is 32.1 Å². The molecule has 0 radical (unpaired) electrons. The first kappa shape index (κ1) is 13.0. The maximum absolute atomic E-state index is 5.75. The molecule has 2 atom stereocenters. The lowest BCUT2D eigenvalue weighted by atomic mass is 9.94. The van der Waals surface area contributed by atoms with Crippen molar-refractivity contribution < 1.29 is 4.74 Å². The van der Waals surface area contributed by atoms with Gasteiger partial charge in [0.05, 0.1) is 6.10 Å². The molecule has 90 valence electrons. The van der Waals surface area contributed by atoms with Gasteiger partial charge in [0.1, 0.15) is 0 Å². The van der Waals surface area contributed by atoms with E-state index in [1.807, 2.05) is 0 Å². The minimum atomic E-state index is 0.365. The first-order valence-electron chi connectivity index (χ1n) is 6.64. The van der Waals surface area contributed by atoms with Crippen molar-refractivity contribution in [2.45, 2.75) is 65.0 Å². The molecule has 2 heteroatoms. The second kappa shape index (κ2) is 7.24. The predicted octanol–water partition coefficient (Wildman–Crippen LogP) is 2.97. The van der Waals surface area contributed by atoms with Crippen molar-refractivity contribution in [3.63, 3.8) is 0 Å². The lowest BCUT2D eigenvalue weighted by Gasteiger charge is -2.30. The van der Waals surface area contributed by atoms with Crippen LogP contribution in [0, 0.1) is 5.92 Å². The molecule has 0 aliphatic heterocycles. The van der Waals surface area contributed by atoms with Crippen molar-refractivity contribution in [3.8, 4) is 0 Å². The van der Waals surface area contributed by atoms with Gasteiger partial charge in [-0.2, -0.15) is 0 Å². The normalized spacial score (nSPS) is 21.8. The van der Waals surface area contributed by atoms with E-state index in [1.54, 1.807) is 0 Å². The summed E-state index contributed by atoms with van der Waals surface area (Å²) in [5.74, 6) is 0.845. The first-order chi connectivity index (χ1) is 7.29. The molecule has 1 N–H and O–H groups in total. The Morgan fingerprint density at radius 1 is 1.27 bits per heavy atom. The highest BCUT2D eigenvalue weighted by molar-refractivity contribution is 4.84. The Morgan fingerprint density at radius 2 is 1.93 bits per heavy atom. The maximum Gasteiger partial charge on any atom is 0.0702 e. The van der Waals surface area contributed by atoms with E-state index in [2.05, 4.69) is 26.1 Å². The zero-order chi connectivity index (χ0) is 11.1. The Bertz CT molecular complexity index is 155. The summed E-state index contributed by atoms with van der Waals surface area (Å²) in [4.78, 5) is 0. The van der Waals surface area contributed by atoms with Gasteiger partial charge < -0.3 is 10.1 Å². The molecule has 0 aromatic carbocycles. The molecule has 0 heterocycles. The lowest BCUT2D eigenvalue weighted by Crippen LogP contribution is -2.45. The Balaban J connectivity index is 2.42. The molecular weight excluding hydrogens is 186 g/mol. The van der Waals surface area contributed by atoms with Crippen molar-refractivity contribution in [2.75, 3.05) is 13.2 Å². The third-order valence-corrected chi connectivity index (χ3v) is 3.47. The largest absolute Gasteiger partial charge is 0.377 e. The van der Waals surface area contributed by atoms with Crippen LogP contribution in [0.4, 0.5) is 0 Å². The third-order valence-electron chi connectivity index (χ3n) is 3.47. The molecular formula is C13H27NO. The molecule has 1 rings (SSSR count). The van der Waals surface area contributed by atoms with Gasteiger partial charge in [-0.05, 0) is 45.6 Å². The van der Waals surface area contributed by atoms with Crippen molar-refractivity contribution >= 4 is 0 Å². The minimum Gasteiger partial charge on any atom is -0.377 e. The summed E-state index contributed by atoms with van der Waals surface area (Å²) in [5, 5.41) is 3.67. The highest BCUT2D eigenvalue weighted by Crippen LogP contribution is 2.29.